The van der Waals surface area contributed by atoms with Gasteiger partial charge in [-0.3, -0.25) is 4.99 Å². The number of anilines is 2. The molecule has 1 aromatic carbocycles. The highest BCUT2D eigenvalue weighted by Gasteiger charge is 2.21. The predicted octanol–water partition coefficient (Wildman–Crippen LogP) is 2.98. The molecule has 166 valence electrons. The number of methoxy groups -OCH3 is 1. The number of rotatable bonds is 5. The van der Waals surface area contributed by atoms with Crippen LogP contribution in [0.2, 0.25) is 0 Å². The van der Waals surface area contributed by atoms with Crippen molar-refractivity contribution in [1.29, 1.82) is 0 Å². The quantitative estimate of drug-likeness (QED) is 0.591. The van der Waals surface area contributed by atoms with Crippen molar-refractivity contribution in [3.05, 3.63) is 48.2 Å². The summed E-state index contributed by atoms with van der Waals surface area (Å²) in [4.78, 5) is 16.2. The van der Waals surface area contributed by atoms with Crippen LogP contribution in [0.15, 0.2) is 47.6 Å². The fraction of sp³-hybridized carbons (Fsp3) is 0.500. The molecule has 0 bridgehead atoms. The van der Waals surface area contributed by atoms with Crippen LogP contribution in [-0.4, -0.2) is 69.3 Å². The average Bonchev–Trinajstić information content (AvgIpc) is 2.85. The molecule has 0 amide bonds. The highest BCUT2D eigenvalue weighted by molar-refractivity contribution is 5.80. The summed E-state index contributed by atoms with van der Waals surface area (Å²) in [5.41, 5.74) is 2.40. The largest absolute Gasteiger partial charge is 0.495 e. The van der Waals surface area contributed by atoms with Crippen molar-refractivity contribution in [2.24, 2.45) is 4.99 Å². The molecule has 0 aliphatic carbocycles. The van der Waals surface area contributed by atoms with Crippen molar-refractivity contribution >= 4 is 17.5 Å². The van der Waals surface area contributed by atoms with Gasteiger partial charge in [-0.05, 0) is 49.1 Å². The molecule has 1 N–H and O–H groups in total. The number of benzene rings is 1. The van der Waals surface area contributed by atoms with Gasteiger partial charge in [-0.25, -0.2) is 4.98 Å². The molecule has 0 atom stereocenters. The maximum Gasteiger partial charge on any atom is 0.194 e. The van der Waals surface area contributed by atoms with Crippen molar-refractivity contribution in [2.45, 2.75) is 25.8 Å². The number of nitrogens with one attached hydrogen (secondary N) is 1. The van der Waals surface area contributed by atoms with Crippen molar-refractivity contribution in [1.82, 2.24) is 15.2 Å². The van der Waals surface area contributed by atoms with E-state index >= 15 is 0 Å². The Bertz CT molecular complexity index is 872. The van der Waals surface area contributed by atoms with Crippen LogP contribution in [0.4, 0.5) is 11.5 Å². The lowest BCUT2D eigenvalue weighted by Crippen LogP contribution is -2.52. The Labute approximate surface area is 185 Å². The highest BCUT2D eigenvalue weighted by atomic mass is 16.5. The number of pyridine rings is 1. The molecule has 0 radical (unpaired) electrons. The molecule has 2 aromatic rings. The lowest BCUT2D eigenvalue weighted by atomic mass is 10.1. The zero-order valence-corrected chi connectivity index (χ0v) is 18.8. The summed E-state index contributed by atoms with van der Waals surface area (Å²) < 4.78 is 5.54. The molecule has 7 heteroatoms. The Hall–Kier alpha value is -2.96. The first-order valence-electron chi connectivity index (χ1n) is 11.3. The number of para-hydroxylation sites is 2. The average molecular weight is 423 g/mol. The molecule has 3 heterocycles. The van der Waals surface area contributed by atoms with Crippen LogP contribution in [0.3, 0.4) is 0 Å². The molecule has 0 saturated carbocycles. The summed E-state index contributed by atoms with van der Waals surface area (Å²) in [6, 6.07) is 12.5. The second kappa shape index (κ2) is 10.4. The van der Waals surface area contributed by atoms with Crippen molar-refractivity contribution < 1.29 is 4.74 Å². The van der Waals surface area contributed by atoms with Gasteiger partial charge in [0.25, 0.3) is 0 Å². The molecule has 0 unspecified atom stereocenters. The second-order valence-corrected chi connectivity index (χ2v) is 8.12. The number of piperazine rings is 1. The van der Waals surface area contributed by atoms with Gasteiger partial charge in [0.1, 0.15) is 11.6 Å². The topological polar surface area (TPSA) is 56.2 Å². The van der Waals surface area contributed by atoms with E-state index in [1.165, 1.54) is 24.8 Å². The summed E-state index contributed by atoms with van der Waals surface area (Å²) >= 11 is 0. The van der Waals surface area contributed by atoms with Crippen LogP contribution in [0, 0.1) is 0 Å². The maximum atomic E-state index is 5.54. The van der Waals surface area contributed by atoms with E-state index in [0.717, 1.165) is 69.0 Å². The van der Waals surface area contributed by atoms with Gasteiger partial charge in [-0.1, -0.05) is 12.1 Å². The van der Waals surface area contributed by atoms with Crippen LogP contribution < -0.4 is 19.9 Å². The van der Waals surface area contributed by atoms with Crippen LogP contribution in [0.25, 0.3) is 0 Å². The van der Waals surface area contributed by atoms with E-state index < -0.39 is 0 Å². The molecule has 4 rings (SSSR count). The van der Waals surface area contributed by atoms with Crippen LogP contribution in [0.1, 0.15) is 24.8 Å². The van der Waals surface area contributed by atoms with E-state index in [0.29, 0.717) is 0 Å². The minimum Gasteiger partial charge on any atom is -0.495 e. The molecule has 31 heavy (non-hydrogen) atoms. The summed E-state index contributed by atoms with van der Waals surface area (Å²) in [6.45, 7) is 6.71. The monoisotopic (exact) mass is 422 g/mol. The number of hydrogen-bond donors (Lipinski definition) is 1. The third-order valence-electron chi connectivity index (χ3n) is 6.16. The van der Waals surface area contributed by atoms with Crippen molar-refractivity contribution in [3.8, 4) is 5.75 Å². The van der Waals surface area contributed by atoms with Crippen LogP contribution in [-0.2, 0) is 6.54 Å². The number of hydrogen-bond acceptors (Lipinski definition) is 5. The Balaban J connectivity index is 1.32. The first kappa shape index (κ1) is 21.3. The smallest absolute Gasteiger partial charge is 0.194 e. The second-order valence-electron chi connectivity index (χ2n) is 8.12. The van der Waals surface area contributed by atoms with Gasteiger partial charge >= 0.3 is 0 Å². The number of guanidine groups is 1. The van der Waals surface area contributed by atoms with Gasteiger partial charge in [0.2, 0.25) is 0 Å². The third-order valence-corrected chi connectivity index (χ3v) is 6.16. The third kappa shape index (κ3) is 5.21. The SMILES string of the molecule is CN=C(NCc1ccnc(N2CCCCC2)c1)N1CCN(c2ccccc2OC)CC1. The molecular formula is C24H34N6O. The minimum atomic E-state index is 0.753. The molecule has 2 fully saturated rings. The Kier molecular flexibility index (Phi) is 7.12. The van der Waals surface area contributed by atoms with E-state index in [4.69, 9.17) is 4.74 Å². The number of piperidine rings is 1. The lowest BCUT2D eigenvalue weighted by Gasteiger charge is -2.38. The predicted molar refractivity (Wildman–Crippen MR) is 127 cm³/mol. The number of ether oxygens (including phenoxy) is 1. The molecule has 2 saturated heterocycles. The zero-order valence-electron chi connectivity index (χ0n) is 18.8. The van der Waals surface area contributed by atoms with E-state index in [-0.39, 0.29) is 0 Å². The van der Waals surface area contributed by atoms with Crippen LogP contribution in [0.5, 0.6) is 5.75 Å². The maximum absolute atomic E-state index is 5.54. The van der Waals surface area contributed by atoms with Gasteiger partial charge in [-0.2, -0.15) is 0 Å². The lowest BCUT2D eigenvalue weighted by molar-refractivity contribution is 0.367. The van der Waals surface area contributed by atoms with E-state index in [1.807, 2.05) is 25.4 Å². The van der Waals surface area contributed by atoms with Crippen molar-refractivity contribution in [3.63, 3.8) is 0 Å². The summed E-state index contributed by atoms with van der Waals surface area (Å²) in [6.07, 6.45) is 5.78. The minimum absolute atomic E-state index is 0.753. The van der Waals surface area contributed by atoms with E-state index in [9.17, 15) is 0 Å². The number of nitrogens with zero attached hydrogens (tertiary/aromatic N) is 5. The van der Waals surface area contributed by atoms with Gasteiger partial charge in [0, 0.05) is 59.1 Å². The summed E-state index contributed by atoms with van der Waals surface area (Å²) in [7, 11) is 3.59. The molecule has 1 aromatic heterocycles. The Morgan fingerprint density at radius 1 is 1.00 bits per heavy atom. The Morgan fingerprint density at radius 2 is 1.77 bits per heavy atom. The van der Waals surface area contributed by atoms with Gasteiger partial charge < -0.3 is 24.8 Å². The molecule has 7 nitrogen and oxygen atoms in total. The fourth-order valence-electron chi connectivity index (χ4n) is 4.43. The summed E-state index contributed by atoms with van der Waals surface area (Å²) in [5, 5.41) is 3.55. The normalized spacial score (nSPS) is 17.6. The zero-order chi connectivity index (χ0) is 21.5. The number of aliphatic imine (C=N–C) groups is 1. The highest BCUT2D eigenvalue weighted by Crippen LogP contribution is 2.28. The first-order chi connectivity index (χ1) is 15.3. The standard InChI is InChI=1S/C24H34N6O/c1-25-24(27-19-20-10-11-26-23(18-20)29-12-6-3-7-13-29)30-16-14-28(15-17-30)21-8-4-5-9-22(21)31-2/h4-5,8-11,18H,3,6-7,12-17,19H2,1-2H3,(H,25,27). The summed E-state index contributed by atoms with van der Waals surface area (Å²) in [5.74, 6) is 2.98. The van der Waals surface area contributed by atoms with Crippen molar-refractivity contribution in [2.75, 3.05) is 63.2 Å². The molecule has 2 aliphatic rings. The van der Waals surface area contributed by atoms with Gasteiger partial charge in [0.15, 0.2) is 5.96 Å². The first-order valence-corrected chi connectivity index (χ1v) is 11.3. The Morgan fingerprint density at radius 3 is 2.52 bits per heavy atom. The van der Waals surface area contributed by atoms with Gasteiger partial charge in [-0.15, -0.1) is 0 Å². The number of aromatic nitrogens is 1. The molecular weight excluding hydrogens is 388 g/mol. The molecule has 0 spiro atoms. The van der Waals surface area contributed by atoms with Crippen LogP contribution >= 0.6 is 0 Å². The van der Waals surface area contributed by atoms with E-state index in [2.05, 4.69) is 54.3 Å². The van der Waals surface area contributed by atoms with Gasteiger partial charge in [0.05, 0.1) is 12.8 Å². The molecule has 2 aliphatic heterocycles. The fourth-order valence-corrected chi connectivity index (χ4v) is 4.43. The van der Waals surface area contributed by atoms with E-state index in [1.54, 1.807) is 7.11 Å².